The van der Waals surface area contributed by atoms with E-state index in [4.69, 9.17) is 4.74 Å². The Hall–Kier alpha value is -2.79. The number of benzene rings is 2. The molecule has 3 rings (SSSR count). The molecule has 0 saturated heterocycles. The molecule has 1 aromatic heterocycles. The van der Waals surface area contributed by atoms with Gasteiger partial charge in [0.1, 0.15) is 5.75 Å². The van der Waals surface area contributed by atoms with E-state index in [2.05, 4.69) is 52.6 Å². The molecular weight excluding hydrogens is 362 g/mol. The number of carbonyl (C=O) groups excluding carboxylic acids is 1. The van der Waals surface area contributed by atoms with E-state index in [0.717, 1.165) is 37.3 Å². The molecule has 2 aromatic carbocycles. The molecular formula is C24H31N3O2. The lowest BCUT2D eigenvalue weighted by atomic mass is 9.97. The van der Waals surface area contributed by atoms with Crippen LogP contribution < -0.4 is 10.1 Å². The van der Waals surface area contributed by atoms with Gasteiger partial charge in [0, 0.05) is 49.2 Å². The number of amides is 1. The first-order chi connectivity index (χ1) is 14.1. The van der Waals surface area contributed by atoms with Gasteiger partial charge in [-0.05, 0) is 36.6 Å². The van der Waals surface area contributed by atoms with Gasteiger partial charge in [0.25, 0.3) is 0 Å². The predicted molar refractivity (Wildman–Crippen MR) is 118 cm³/mol. The summed E-state index contributed by atoms with van der Waals surface area (Å²) in [6, 6.07) is 16.5. The highest BCUT2D eigenvalue weighted by Crippen LogP contribution is 2.23. The van der Waals surface area contributed by atoms with Gasteiger partial charge >= 0.3 is 0 Å². The standard InChI is InChI=1S/C24H31N3O2/c1-4-27(17-20-9-5-8-12-24(20)29-3)16-19(14-25-18(2)28)13-21-15-26-23-11-7-6-10-22(21)23/h5-12,15,19,26H,4,13-14,16-17H2,1-3H3,(H,25,28). The smallest absolute Gasteiger partial charge is 0.216 e. The molecule has 29 heavy (non-hydrogen) atoms. The zero-order valence-electron chi connectivity index (χ0n) is 17.6. The second kappa shape index (κ2) is 10.1. The number of fused-ring (bicyclic) bond motifs is 1. The van der Waals surface area contributed by atoms with E-state index < -0.39 is 0 Å². The topological polar surface area (TPSA) is 57.4 Å². The average molecular weight is 394 g/mol. The Kier molecular flexibility index (Phi) is 7.30. The van der Waals surface area contributed by atoms with Gasteiger partial charge in [-0.1, -0.05) is 43.3 Å². The van der Waals surface area contributed by atoms with Crippen molar-refractivity contribution in [3.8, 4) is 5.75 Å². The molecule has 0 spiro atoms. The third-order valence-corrected chi connectivity index (χ3v) is 5.37. The zero-order chi connectivity index (χ0) is 20.6. The molecule has 1 amide bonds. The van der Waals surface area contributed by atoms with Crippen molar-refractivity contribution in [3.05, 3.63) is 65.9 Å². The molecule has 0 aliphatic heterocycles. The van der Waals surface area contributed by atoms with Crippen LogP contribution in [0, 0.1) is 5.92 Å². The molecule has 5 heteroatoms. The Morgan fingerprint density at radius 1 is 1.14 bits per heavy atom. The van der Waals surface area contributed by atoms with E-state index in [0.29, 0.717) is 12.5 Å². The molecule has 5 nitrogen and oxygen atoms in total. The number of hydrogen-bond acceptors (Lipinski definition) is 3. The Bertz CT molecular complexity index is 935. The third-order valence-electron chi connectivity index (χ3n) is 5.37. The Labute approximate surface area is 173 Å². The van der Waals surface area contributed by atoms with Crippen LogP contribution in [-0.2, 0) is 17.8 Å². The summed E-state index contributed by atoms with van der Waals surface area (Å²) >= 11 is 0. The monoisotopic (exact) mass is 393 g/mol. The van der Waals surface area contributed by atoms with E-state index >= 15 is 0 Å². The number of nitrogens with one attached hydrogen (secondary N) is 2. The van der Waals surface area contributed by atoms with E-state index in [-0.39, 0.29) is 5.91 Å². The Morgan fingerprint density at radius 3 is 2.66 bits per heavy atom. The first-order valence-corrected chi connectivity index (χ1v) is 10.2. The number of nitrogens with zero attached hydrogens (tertiary/aromatic N) is 1. The fourth-order valence-corrected chi connectivity index (χ4v) is 3.85. The summed E-state index contributed by atoms with van der Waals surface area (Å²) in [6.07, 6.45) is 3.01. The SMILES string of the molecule is CCN(Cc1ccccc1OC)CC(CNC(C)=O)Cc1c[nH]c2ccccc12. The number of ether oxygens (including phenoxy) is 1. The first kappa shape index (κ1) is 20.9. The lowest BCUT2D eigenvalue weighted by Crippen LogP contribution is -2.37. The zero-order valence-corrected chi connectivity index (χ0v) is 17.6. The summed E-state index contributed by atoms with van der Waals surface area (Å²) in [7, 11) is 1.71. The van der Waals surface area contributed by atoms with Crippen LogP contribution in [0.3, 0.4) is 0 Å². The summed E-state index contributed by atoms with van der Waals surface area (Å²) in [4.78, 5) is 17.3. The number of aromatic nitrogens is 1. The summed E-state index contributed by atoms with van der Waals surface area (Å²) < 4.78 is 5.52. The molecule has 0 radical (unpaired) electrons. The highest BCUT2D eigenvalue weighted by Gasteiger charge is 2.18. The van der Waals surface area contributed by atoms with Gasteiger partial charge in [0.05, 0.1) is 7.11 Å². The van der Waals surface area contributed by atoms with Crippen molar-refractivity contribution in [2.24, 2.45) is 5.92 Å². The fourth-order valence-electron chi connectivity index (χ4n) is 3.85. The lowest BCUT2D eigenvalue weighted by molar-refractivity contribution is -0.119. The maximum atomic E-state index is 11.5. The number of methoxy groups -OCH3 is 1. The van der Waals surface area contributed by atoms with Crippen LogP contribution in [0.25, 0.3) is 10.9 Å². The predicted octanol–water partition coefficient (Wildman–Crippen LogP) is 3.99. The van der Waals surface area contributed by atoms with Crippen LogP contribution in [0.4, 0.5) is 0 Å². The van der Waals surface area contributed by atoms with E-state index in [1.165, 1.54) is 16.5 Å². The minimum absolute atomic E-state index is 0.0155. The van der Waals surface area contributed by atoms with E-state index in [9.17, 15) is 4.79 Å². The molecule has 1 unspecified atom stereocenters. The molecule has 154 valence electrons. The maximum Gasteiger partial charge on any atom is 0.216 e. The molecule has 3 aromatic rings. The minimum Gasteiger partial charge on any atom is -0.496 e. The summed E-state index contributed by atoms with van der Waals surface area (Å²) in [5.41, 5.74) is 3.63. The minimum atomic E-state index is 0.0155. The summed E-state index contributed by atoms with van der Waals surface area (Å²) in [5.74, 6) is 1.25. The van der Waals surface area contributed by atoms with Crippen molar-refractivity contribution >= 4 is 16.8 Å². The van der Waals surface area contributed by atoms with Gasteiger partial charge in [-0.25, -0.2) is 0 Å². The fraction of sp³-hybridized carbons (Fsp3) is 0.375. The lowest BCUT2D eigenvalue weighted by Gasteiger charge is -2.27. The van der Waals surface area contributed by atoms with Gasteiger partial charge in [0.15, 0.2) is 0 Å². The highest BCUT2D eigenvalue weighted by molar-refractivity contribution is 5.83. The van der Waals surface area contributed by atoms with Crippen molar-refractivity contribution < 1.29 is 9.53 Å². The van der Waals surface area contributed by atoms with Crippen LogP contribution in [0.5, 0.6) is 5.75 Å². The van der Waals surface area contributed by atoms with Gasteiger partial charge in [0.2, 0.25) is 5.91 Å². The number of para-hydroxylation sites is 2. The van der Waals surface area contributed by atoms with Crippen molar-refractivity contribution in [1.82, 2.24) is 15.2 Å². The van der Waals surface area contributed by atoms with Crippen molar-refractivity contribution in [2.75, 3.05) is 26.7 Å². The average Bonchev–Trinajstić information content (AvgIpc) is 3.14. The number of aromatic amines is 1. The number of rotatable bonds is 10. The normalized spacial score (nSPS) is 12.3. The molecule has 1 heterocycles. The molecule has 2 N–H and O–H groups in total. The van der Waals surface area contributed by atoms with E-state index in [1.54, 1.807) is 14.0 Å². The van der Waals surface area contributed by atoms with Crippen LogP contribution >= 0.6 is 0 Å². The van der Waals surface area contributed by atoms with Crippen LogP contribution in [0.15, 0.2) is 54.7 Å². The molecule has 0 fully saturated rings. The van der Waals surface area contributed by atoms with Gasteiger partial charge < -0.3 is 15.0 Å². The van der Waals surface area contributed by atoms with Crippen molar-refractivity contribution in [1.29, 1.82) is 0 Å². The molecule has 1 atom stereocenters. The summed E-state index contributed by atoms with van der Waals surface area (Å²) in [6.45, 7) is 7.07. The van der Waals surface area contributed by atoms with Crippen molar-refractivity contribution in [3.63, 3.8) is 0 Å². The summed E-state index contributed by atoms with van der Waals surface area (Å²) in [5, 5.41) is 4.28. The highest BCUT2D eigenvalue weighted by atomic mass is 16.5. The van der Waals surface area contributed by atoms with Crippen LogP contribution in [0.2, 0.25) is 0 Å². The number of carbonyl (C=O) groups is 1. The second-order valence-corrected chi connectivity index (χ2v) is 7.51. The first-order valence-electron chi connectivity index (χ1n) is 10.2. The van der Waals surface area contributed by atoms with Gasteiger partial charge in [-0.15, -0.1) is 0 Å². The Morgan fingerprint density at radius 2 is 1.90 bits per heavy atom. The van der Waals surface area contributed by atoms with Crippen LogP contribution in [-0.4, -0.2) is 42.5 Å². The van der Waals surface area contributed by atoms with Gasteiger partial charge in [-0.2, -0.15) is 0 Å². The number of H-pyrrole nitrogens is 1. The van der Waals surface area contributed by atoms with Crippen LogP contribution in [0.1, 0.15) is 25.0 Å². The van der Waals surface area contributed by atoms with Crippen molar-refractivity contribution in [2.45, 2.75) is 26.8 Å². The molecule has 0 saturated carbocycles. The molecule has 0 aliphatic rings. The Balaban J connectivity index is 1.75. The largest absolute Gasteiger partial charge is 0.496 e. The molecule has 0 aliphatic carbocycles. The molecule has 0 bridgehead atoms. The third kappa shape index (κ3) is 5.61. The quantitative estimate of drug-likeness (QED) is 0.547. The number of hydrogen-bond donors (Lipinski definition) is 2. The van der Waals surface area contributed by atoms with Gasteiger partial charge in [-0.3, -0.25) is 9.69 Å². The second-order valence-electron chi connectivity index (χ2n) is 7.51. The maximum absolute atomic E-state index is 11.5. The van der Waals surface area contributed by atoms with E-state index in [1.807, 2.05) is 24.3 Å².